The Morgan fingerprint density at radius 3 is 2.45 bits per heavy atom. The van der Waals surface area contributed by atoms with Crippen LogP contribution in [0, 0.1) is 5.41 Å². The van der Waals surface area contributed by atoms with Crippen LogP contribution in [-0.4, -0.2) is 36.4 Å². The average Bonchev–Trinajstić information content (AvgIpc) is 3.35. The van der Waals surface area contributed by atoms with Gasteiger partial charge in [-0.2, -0.15) is 0 Å². The second-order valence-corrected chi connectivity index (χ2v) is 8.30. The fourth-order valence-electron chi connectivity index (χ4n) is 4.50. The Balaban J connectivity index is 0.00000300. The summed E-state index contributed by atoms with van der Waals surface area (Å²) in [7, 11) is 0. The fraction of sp³-hybridized carbons (Fsp3) is 0.652. The predicted molar refractivity (Wildman–Crippen MR) is 131 cm³/mol. The van der Waals surface area contributed by atoms with E-state index in [9.17, 15) is 4.79 Å². The van der Waals surface area contributed by atoms with Gasteiger partial charge in [0.15, 0.2) is 5.96 Å². The number of benzene rings is 1. The molecule has 0 unspecified atom stereocenters. The zero-order valence-corrected chi connectivity index (χ0v) is 20.3. The van der Waals surface area contributed by atoms with E-state index in [-0.39, 0.29) is 29.9 Å². The van der Waals surface area contributed by atoms with Gasteiger partial charge in [0.2, 0.25) is 5.91 Å². The molecule has 1 aromatic rings. The molecule has 3 rings (SSSR count). The first-order chi connectivity index (χ1) is 13.7. The standard InChI is InChI=1S/C23H36N4O.HI/c1-3-23(13-7-8-14-23)18-26-22(24-4-2)25-16-19-10-5-6-11-20(19)17-27-15-9-12-21(27)28;/h5-6,10-11H,3-4,7-9,12-18H2,1-2H3,(H2,24,25,26);1H. The summed E-state index contributed by atoms with van der Waals surface area (Å²) in [5.74, 6) is 1.17. The van der Waals surface area contributed by atoms with Gasteiger partial charge in [-0.25, -0.2) is 4.99 Å². The van der Waals surface area contributed by atoms with E-state index in [1.54, 1.807) is 0 Å². The third-order valence-corrected chi connectivity index (χ3v) is 6.45. The zero-order chi connectivity index (χ0) is 19.8. The third kappa shape index (κ3) is 6.59. The maximum Gasteiger partial charge on any atom is 0.222 e. The number of carbonyl (C=O) groups is 1. The summed E-state index contributed by atoms with van der Waals surface area (Å²) in [6.07, 6.45) is 8.25. The smallest absolute Gasteiger partial charge is 0.222 e. The minimum Gasteiger partial charge on any atom is -0.357 e. The Morgan fingerprint density at radius 2 is 1.83 bits per heavy atom. The molecule has 1 saturated heterocycles. The summed E-state index contributed by atoms with van der Waals surface area (Å²) in [6.45, 7) is 8.48. The van der Waals surface area contributed by atoms with Crippen molar-refractivity contribution in [3.8, 4) is 0 Å². The molecule has 2 N–H and O–H groups in total. The molecule has 2 fully saturated rings. The lowest BCUT2D eigenvalue weighted by Crippen LogP contribution is -2.42. The summed E-state index contributed by atoms with van der Waals surface area (Å²) < 4.78 is 0. The summed E-state index contributed by atoms with van der Waals surface area (Å²) in [5.41, 5.74) is 2.84. The Bertz CT molecular complexity index is 685. The normalized spacial score (nSPS) is 18.6. The molecule has 0 spiro atoms. The molecule has 1 amide bonds. The summed E-state index contributed by atoms with van der Waals surface area (Å²) in [5, 5.41) is 6.99. The average molecular weight is 512 g/mol. The molecule has 1 aliphatic carbocycles. The van der Waals surface area contributed by atoms with Gasteiger partial charge in [-0.05, 0) is 49.1 Å². The van der Waals surface area contributed by atoms with Crippen molar-refractivity contribution >= 4 is 35.8 Å². The van der Waals surface area contributed by atoms with Gasteiger partial charge in [-0.3, -0.25) is 4.79 Å². The molecule has 1 aromatic carbocycles. The number of carbonyl (C=O) groups excluding carboxylic acids is 1. The molecule has 162 valence electrons. The van der Waals surface area contributed by atoms with Gasteiger partial charge in [-0.15, -0.1) is 24.0 Å². The van der Waals surface area contributed by atoms with Gasteiger partial charge in [0.05, 0.1) is 6.54 Å². The number of guanidine groups is 1. The Kier molecular flexibility index (Phi) is 9.72. The Labute approximate surface area is 193 Å². The third-order valence-electron chi connectivity index (χ3n) is 6.45. The molecular weight excluding hydrogens is 475 g/mol. The van der Waals surface area contributed by atoms with Crippen molar-refractivity contribution in [2.45, 2.75) is 71.9 Å². The maximum atomic E-state index is 12.0. The number of nitrogens with zero attached hydrogens (tertiary/aromatic N) is 2. The van der Waals surface area contributed by atoms with Crippen LogP contribution in [0.15, 0.2) is 29.3 Å². The first-order valence-electron chi connectivity index (χ1n) is 11.0. The Morgan fingerprint density at radius 1 is 1.10 bits per heavy atom. The van der Waals surface area contributed by atoms with E-state index in [1.807, 2.05) is 4.90 Å². The molecule has 1 saturated carbocycles. The second kappa shape index (κ2) is 11.8. The van der Waals surface area contributed by atoms with Crippen molar-refractivity contribution in [3.05, 3.63) is 35.4 Å². The molecule has 1 heterocycles. The lowest BCUT2D eigenvalue weighted by Gasteiger charge is -2.28. The lowest BCUT2D eigenvalue weighted by molar-refractivity contribution is -0.128. The highest BCUT2D eigenvalue weighted by Gasteiger charge is 2.31. The van der Waals surface area contributed by atoms with Crippen molar-refractivity contribution < 1.29 is 4.79 Å². The second-order valence-electron chi connectivity index (χ2n) is 8.30. The van der Waals surface area contributed by atoms with Crippen LogP contribution in [0.3, 0.4) is 0 Å². The van der Waals surface area contributed by atoms with Crippen LogP contribution in [0.5, 0.6) is 0 Å². The maximum absolute atomic E-state index is 12.0. The molecule has 0 atom stereocenters. The summed E-state index contributed by atoms with van der Waals surface area (Å²) in [6, 6.07) is 8.37. The monoisotopic (exact) mass is 512 g/mol. The number of hydrogen-bond donors (Lipinski definition) is 2. The fourth-order valence-corrected chi connectivity index (χ4v) is 4.50. The van der Waals surface area contributed by atoms with Gasteiger partial charge in [0.25, 0.3) is 0 Å². The number of aliphatic imine (C=N–C) groups is 1. The van der Waals surface area contributed by atoms with Crippen LogP contribution < -0.4 is 10.6 Å². The van der Waals surface area contributed by atoms with Crippen molar-refractivity contribution in [3.63, 3.8) is 0 Å². The molecule has 0 radical (unpaired) electrons. The first-order valence-corrected chi connectivity index (χ1v) is 11.0. The highest BCUT2D eigenvalue weighted by atomic mass is 127. The minimum atomic E-state index is 0. The number of halogens is 1. The van der Waals surface area contributed by atoms with E-state index in [4.69, 9.17) is 4.99 Å². The van der Waals surface area contributed by atoms with Crippen molar-refractivity contribution in [1.29, 1.82) is 0 Å². The quantitative estimate of drug-likeness (QED) is 0.308. The highest BCUT2D eigenvalue weighted by molar-refractivity contribution is 14.0. The van der Waals surface area contributed by atoms with Crippen LogP contribution in [0.2, 0.25) is 0 Å². The summed E-state index contributed by atoms with van der Waals surface area (Å²) >= 11 is 0. The van der Waals surface area contributed by atoms with Gasteiger partial charge in [0, 0.05) is 32.6 Å². The van der Waals surface area contributed by atoms with Gasteiger partial charge < -0.3 is 15.5 Å². The number of nitrogens with one attached hydrogen (secondary N) is 2. The molecule has 0 bridgehead atoms. The van der Waals surface area contributed by atoms with Gasteiger partial charge in [0.1, 0.15) is 0 Å². The van der Waals surface area contributed by atoms with Crippen LogP contribution in [0.25, 0.3) is 0 Å². The molecule has 29 heavy (non-hydrogen) atoms. The molecule has 5 nitrogen and oxygen atoms in total. The summed E-state index contributed by atoms with van der Waals surface area (Å²) in [4.78, 5) is 18.8. The van der Waals surface area contributed by atoms with Crippen molar-refractivity contribution in [2.24, 2.45) is 10.4 Å². The van der Waals surface area contributed by atoms with Crippen LogP contribution in [0.1, 0.15) is 69.9 Å². The van der Waals surface area contributed by atoms with E-state index in [0.717, 1.165) is 32.0 Å². The number of rotatable bonds is 8. The largest absolute Gasteiger partial charge is 0.357 e. The minimum absolute atomic E-state index is 0. The van der Waals surface area contributed by atoms with Gasteiger partial charge >= 0.3 is 0 Å². The number of amides is 1. The van der Waals surface area contributed by atoms with Crippen molar-refractivity contribution in [1.82, 2.24) is 15.5 Å². The lowest BCUT2D eigenvalue weighted by atomic mass is 9.83. The first kappa shape index (κ1) is 24.0. The Hall–Kier alpha value is -1.31. The van der Waals surface area contributed by atoms with E-state index in [1.165, 1.54) is 43.2 Å². The predicted octanol–water partition coefficient (Wildman–Crippen LogP) is 4.45. The topological polar surface area (TPSA) is 56.7 Å². The zero-order valence-electron chi connectivity index (χ0n) is 18.0. The highest BCUT2D eigenvalue weighted by Crippen LogP contribution is 2.40. The van der Waals surface area contributed by atoms with E-state index < -0.39 is 0 Å². The molecule has 2 aliphatic rings. The van der Waals surface area contributed by atoms with E-state index in [2.05, 4.69) is 48.7 Å². The number of hydrogen-bond acceptors (Lipinski definition) is 2. The van der Waals surface area contributed by atoms with Gasteiger partial charge in [-0.1, -0.05) is 44.0 Å². The number of likely N-dealkylation sites (tertiary alicyclic amines) is 1. The molecule has 0 aromatic heterocycles. The van der Waals surface area contributed by atoms with E-state index in [0.29, 0.717) is 24.9 Å². The van der Waals surface area contributed by atoms with Crippen LogP contribution in [0.4, 0.5) is 0 Å². The van der Waals surface area contributed by atoms with Crippen LogP contribution in [-0.2, 0) is 17.9 Å². The van der Waals surface area contributed by atoms with E-state index >= 15 is 0 Å². The molecular formula is C23H37IN4O. The SMILES string of the molecule is CCNC(=NCc1ccccc1CN1CCCC1=O)NCC1(CC)CCCC1.I. The van der Waals surface area contributed by atoms with Crippen LogP contribution >= 0.6 is 24.0 Å². The molecule has 1 aliphatic heterocycles. The van der Waals surface area contributed by atoms with Crippen molar-refractivity contribution in [2.75, 3.05) is 19.6 Å². The molecule has 6 heteroatoms.